The zero-order valence-corrected chi connectivity index (χ0v) is 9.80. The van der Waals surface area contributed by atoms with E-state index >= 15 is 0 Å². The summed E-state index contributed by atoms with van der Waals surface area (Å²) in [7, 11) is 0. The molecule has 1 aromatic rings. The molecule has 7 heteroatoms. The molecule has 0 bridgehead atoms. The Morgan fingerprint density at radius 2 is 2.28 bits per heavy atom. The van der Waals surface area contributed by atoms with Gasteiger partial charge in [-0.05, 0) is 12.1 Å². The number of nitrogen functional groups attached to an aromatic ring is 1. The number of furan rings is 1. The van der Waals surface area contributed by atoms with Crippen LogP contribution in [0.5, 0.6) is 0 Å². The van der Waals surface area contributed by atoms with Crippen LogP contribution in [0.1, 0.15) is 29.7 Å². The van der Waals surface area contributed by atoms with Crippen LogP contribution in [0.25, 0.3) is 0 Å². The number of hydrogen-bond donors (Lipinski definition) is 2. The highest BCUT2D eigenvalue weighted by Gasteiger charge is 2.35. The second-order valence-corrected chi connectivity index (χ2v) is 4.16. The predicted octanol–water partition coefficient (Wildman–Crippen LogP) is -0.222. The topological polar surface area (TPSA) is 106 Å². The molecule has 2 heterocycles. The molecule has 0 spiro atoms. The fourth-order valence-electron chi connectivity index (χ4n) is 1.83. The number of likely N-dealkylation sites (tertiary alicyclic amines) is 1. The van der Waals surface area contributed by atoms with Crippen molar-refractivity contribution in [2.24, 2.45) is 11.8 Å². The fourth-order valence-corrected chi connectivity index (χ4v) is 1.83. The smallest absolute Gasteiger partial charge is 0.300 e. The summed E-state index contributed by atoms with van der Waals surface area (Å²) in [6, 6.07) is 2.97. The van der Waals surface area contributed by atoms with Crippen LogP contribution in [0, 0.1) is 5.92 Å². The Kier molecular flexibility index (Phi) is 3.15. The molecule has 7 nitrogen and oxygen atoms in total. The Bertz CT molecular complexity index is 508. The van der Waals surface area contributed by atoms with E-state index in [0.717, 1.165) is 4.90 Å². The number of rotatable bonds is 3. The van der Waals surface area contributed by atoms with Crippen LogP contribution in [0.15, 0.2) is 16.5 Å². The SMILES string of the molecule is CC1CC(=O)N(Cc2ccc(C(=O)NN)o2)C1=O. The van der Waals surface area contributed by atoms with Gasteiger partial charge >= 0.3 is 5.91 Å². The van der Waals surface area contributed by atoms with E-state index in [1.54, 1.807) is 6.92 Å². The minimum atomic E-state index is -0.561. The van der Waals surface area contributed by atoms with Crippen molar-refractivity contribution in [3.8, 4) is 0 Å². The quantitative estimate of drug-likeness (QED) is 0.334. The molecule has 1 saturated heterocycles. The second-order valence-electron chi connectivity index (χ2n) is 4.16. The molecule has 0 saturated carbocycles. The average Bonchev–Trinajstić information content (AvgIpc) is 2.90. The van der Waals surface area contributed by atoms with E-state index in [9.17, 15) is 14.4 Å². The van der Waals surface area contributed by atoms with Crippen LogP contribution >= 0.6 is 0 Å². The van der Waals surface area contributed by atoms with Gasteiger partial charge in [-0.15, -0.1) is 0 Å². The molecule has 3 N–H and O–H groups in total. The van der Waals surface area contributed by atoms with Crippen molar-refractivity contribution in [1.82, 2.24) is 10.3 Å². The van der Waals surface area contributed by atoms with Gasteiger partial charge in [0.15, 0.2) is 5.76 Å². The molecule has 18 heavy (non-hydrogen) atoms. The summed E-state index contributed by atoms with van der Waals surface area (Å²) in [4.78, 5) is 35.5. The molecule has 1 fully saturated rings. The molecule has 0 aromatic carbocycles. The van der Waals surface area contributed by atoms with E-state index in [2.05, 4.69) is 0 Å². The maximum absolute atomic E-state index is 11.7. The van der Waals surface area contributed by atoms with Crippen LogP contribution in [0.3, 0.4) is 0 Å². The Hall–Kier alpha value is -2.15. The van der Waals surface area contributed by atoms with Crippen molar-refractivity contribution in [1.29, 1.82) is 0 Å². The summed E-state index contributed by atoms with van der Waals surface area (Å²) in [5.74, 6) is 4.06. The average molecular weight is 251 g/mol. The van der Waals surface area contributed by atoms with E-state index in [1.165, 1.54) is 12.1 Å². The Morgan fingerprint density at radius 3 is 2.83 bits per heavy atom. The molecule has 96 valence electrons. The lowest BCUT2D eigenvalue weighted by atomic mass is 10.1. The first kappa shape index (κ1) is 12.3. The fraction of sp³-hybridized carbons (Fsp3) is 0.364. The maximum Gasteiger partial charge on any atom is 0.300 e. The highest BCUT2D eigenvalue weighted by Crippen LogP contribution is 2.21. The van der Waals surface area contributed by atoms with Crippen LogP contribution in [0.4, 0.5) is 0 Å². The lowest BCUT2D eigenvalue weighted by molar-refractivity contribution is -0.140. The summed E-state index contributed by atoms with van der Waals surface area (Å²) in [6.45, 7) is 1.75. The number of imide groups is 1. The normalized spacial score (nSPS) is 19.4. The minimum absolute atomic E-state index is 0.0413. The van der Waals surface area contributed by atoms with E-state index in [-0.39, 0.29) is 36.5 Å². The number of carbonyl (C=O) groups is 3. The van der Waals surface area contributed by atoms with Gasteiger partial charge in [0.1, 0.15) is 5.76 Å². The molecule has 1 aliphatic heterocycles. The zero-order valence-electron chi connectivity index (χ0n) is 9.80. The lowest BCUT2D eigenvalue weighted by Gasteiger charge is -2.11. The van der Waals surface area contributed by atoms with Crippen LogP contribution in [-0.2, 0) is 16.1 Å². The van der Waals surface area contributed by atoms with Crippen molar-refractivity contribution in [2.45, 2.75) is 19.9 Å². The maximum atomic E-state index is 11.7. The first-order valence-corrected chi connectivity index (χ1v) is 5.46. The second kappa shape index (κ2) is 4.61. The molecule has 1 unspecified atom stereocenters. The molecule has 0 radical (unpaired) electrons. The van der Waals surface area contributed by atoms with E-state index in [0.29, 0.717) is 5.76 Å². The summed E-state index contributed by atoms with van der Waals surface area (Å²) in [5.41, 5.74) is 1.93. The van der Waals surface area contributed by atoms with Gasteiger partial charge in [-0.1, -0.05) is 6.92 Å². The Balaban J connectivity index is 2.10. The van der Waals surface area contributed by atoms with Crippen molar-refractivity contribution >= 4 is 17.7 Å². The van der Waals surface area contributed by atoms with Crippen molar-refractivity contribution < 1.29 is 18.8 Å². The third kappa shape index (κ3) is 2.12. The third-order valence-electron chi connectivity index (χ3n) is 2.80. The number of nitrogens with one attached hydrogen (secondary N) is 1. The lowest BCUT2D eigenvalue weighted by Crippen LogP contribution is -2.30. The largest absolute Gasteiger partial charge is 0.454 e. The summed E-state index contributed by atoms with van der Waals surface area (Å²) in [5, 5.41) is 0. The number of carbonyl (C=O) groups excluding carboxylic acids is 3. The number of hydrogen-bond acceptors (Lipinski definition) is 5. The monoisotopic (exact) mass is 251 g/mol. The standard InChI is InChI=1S/C11H13N3O4/c1-6-4-9(15)14(11(6)17)5-7-2-3-8(18-7)10(16)13-12/h2-3,6H,4-5,12H2,1H3,(H,13,16). The molecule has 1 aromatic heterocycles. The van der Waals surface area contributed by atoms with Crippen LogP contribution < -0.4 is 11.3 Å². The first-order chi connectivity index (χ1) is 8.52. The molecule has 1 atom stereocenters. The predicted molar refractivity (Wildman–Crippen MR) is 59.7 cm³/mol. The Labute approximate surface area is 103 Å². The molecule has 0 aliphatic carbocycles. The van der Waals surface area contributed by atoms with Gasteiger partial charge in [-0.25, -0.2) is 5.84 Å². The van der Waals surface area contributed by atoms with Gasteiger partial charge in [0, 0.05) is 12.3 Å². The van der Waals surface area contributed by atoms with E-state index in [4.69, 9.17) is 10.3 Å². The van der Waals surface area contributed by atoms with Gasteiger partial charge in [0.05, 0.1) is 6.54 Å². The van der Waals surface area contributed by atoms with Crippen molar-refractivity contribution in [3.63, 3.8) is 0 Å². The number of nitrogens with two attached hydrogens (primary N) is 1. The zero-order chi connectivity index (χ0) is 13.3. The van der Waals surface area contributed by atoms with Gasteiger partial charge in [0.2, 0.25) is 11.8 Å². The van der Waals surface area contributed by atoms with Crippen LogP contribution in [-0.4, -0.2) is 22.6 Å². The first-order valence-electron chi connectivity index (χ1n) is 5.46. The van der Waals surface area contributed by atoms with Gasteiger partial charge < -0.3 is 4.42 Å². The molecular weight excluding hydrogens is 238 g/mol. The minimum Gasteiger partial charge on any atom is -0.454 e. The van der Waals surface area contributed by atoms with Gasteiger partial charge in [-0.2, -0.15) is 0 Å². The van der Waals surface area contributed by atoms with Crippen LogP contribution in [0.2, 0.25) is 0 Å². The van der Waals surface area contributed by atoms with E-state index < -0.39 is 5.91 Å². The molecular formula is C11H13N3O4. The summed E-state index contributed by atoms with van der Waals surface area (Å²) >= 11 is 0. The molecule has 3 amide bonds. The molecule has 1 aliphatic rings. The summed E-state index contributed by atoms with van der Waals surface area (Å²) in [6.07, 6.45) is 0.218. The van der Waals surface area contributed by atoms with Crippen molar-refractivity contribution in [3.05, 3.63) is 23.7 Å². The Morgan fingerprint density at radius 1 is 1.56 bits per heavy atom. The van der Waals surface area contributed by atoms with E-state index in [1.807, 2.05) is 5.43 Å². The number of hydrazine groups is 1. The van der Waals surface area contributed by atoms with Crippen molar-refractivity contribution in [2.75, 3.05) is 0 Å². The number of nitrogens with zero attached hydrogens (tertiary/aromatic N) is 1. The van der Waals surface area contributed by atoms with Gasteiger partial charge in [0.25, 0.3) is 0 Å². The summed E-state index contributed by atoms with van der Waals surface area (Å²) < 4.78 is 5.19. The van der Waals surface area contributed by atoms with Gasteiger partial charge in [-0.3, -0.25) is 24.7 Å². The highest BCUT2D eigenvalue weighted by molar-refractivity contribution is 6.03. The number of amides is 3. The third-order valence-corrected chi connectivity index (χ3v) is 2.80. The highest BCUT2D eigenvalue weighted by atomic mass is 16.4. The molecule has 2 rings (SSSR count).